The number of aromatic nitrogens is 2. The Morgan fingerprint density at radius 2 is 1.49 bits per heavy atom. The lowest BCUT2D eigenvalue weighted by molar-refractivity contribution is -0.135. The van der Waals surface area contributed by atoms with E-state index in [1.54, 1.807) is 27.8 Å². The number of nitrogen functional groups attached to an aromatic ring is 1. The zero-order valence-corrected chi connectivity index (χ0v) is 32.3. The van der Waals surface area contributed by atoms with Crippen LogP contribution in [0.5, 0.6) is 0 Å². The van der Waals surface area contributed by atoms with Crippen LogP contribution in [0.15, 0.2) is 50.3 Å². The molecule has 3 aromatic rings. The van der Waals surface area contributed by atoms with Crippen LogP contribution < -0.4 is 16.7 Å². The standard InChI is InChI=1S/C35H43Br2Cl2N7O3/c1-43-10-4-22(5-11-43)23-6-12-44(13-7-23)33(47)30(18-21-16-26(36)32(40)27(37)17-21)41-34(48)45-14-8-25(9-15-45)46-20-31(42-35(46)49)24-2-3-28(38)29(39)19-24/h2-3,16-17,19-20,22-23,25,30H,4-15,18,40H2,1H3,(H,41,48)(H,42,49)/t30-/m1/s1. The van der Waals surface area contributed by atoms with Gasteiger partial charge in [-0.05, 0) is 132 Å². The van der Waals surface area contributed by atoms with Gasteiger partial charge in [0, 0.05) is 59.3 Å². The highest BCUT2D eigenvalue weighted by Crippen LogP contribution is 2.34. The third-order valence-corrected chi connectivity index (χ3v) is 12.6. The number of hydrogen-bond donors (Lipinski definition) is 3. The lowest BCUT2D eigenvalue weighted by atomic mass is 9.79. The predicted octanol–water partition coefficient (Wildman–Crippen LogP) is 6.80. The molecule has 10 nitrogen and oxygen atoms in total. The summed E-state index contributed by atoms with van der Waals surface area (Å²) in [7, 11) is 2.19. The number of aromatic amines is 1. The number of nitrogens with two attached hydrogens (primary N) is 1. The molecule has 0 bridgehead atoms. The molecule has 1 atom stereocenters. The third kappa shape index (κ3) is 8.52. The first-order valence-electron chi connectivity index (χ1n) is 17.0. The molecular formula is C35H43Br2Cl2N7O3. The van der Waals surface area contributed by atoms with Gasteiger partial charge in [-0.3, -0.25) is 9.36 Å². The average Bonchev–Trinajstić information content (AvgIpc) is 3.49. The Morgan fingerprint density at radius 3 is 2.10 bits per heavy atom. The van der Waals surface area contributed by atoms with Gasteiger partial charge in [-0.15, -0.1) is 0 Å². The number of amides is 3. The van der Waals surface area contributed by atoms with Crippen LogP contribution in [0.1, 0.15) is 50.1 Å². The molecule has 0 spiro atoms. The molecule has 3 aliphatic heterocycles. The van der Waals surface area contributed by atoms with E-state index in [0.29, 0.717) is 72.8 Å². The van der Waals surface area contributed by atoms with Crippen molar-refractivity contribution >= 4 is 72.7 Å². The fourth-order valence-corrected chi connectivity index (χ4v) is 9.16. The van der Waals surface area contributed by atoms with E-state index in [1.807, 2.05) is 23.1 Å². The number of likely N-dealkylation sites (tertiary alicyclic amines) is 3. The van der Waals surface area contributed by atoms with Crippen molar-refractivity contribution in [2.45, 2.75) is 57.0 Å². The van der Waals surface area contributed by atoms with Gasteiger partial charge in [0.15, 0.2) is 0 Å². The number of nitrogens with one attached hydrogen (secondary N) is 2. The zero-order valence-electron chi connectivity index (χ0n) is 27.6. The van der Waals surface area contributed by atoms with Gasteiger partial charge in [0.25, 0.3) is 0 Å². The molecule has 14 heteroatoms. The van der Waals surface area contributed by atoms with Gasteiger partial charge in [0.2, 0.25) is 5.91 Å². The Labute approximate surface area is 313 Å². The van der Waals surface area contributed by atoms with Gasteiger partial charge in [0.05, 0.1) is 21.4 Å². The molecule has 3 aliphatic rings. The van der Waals surface area contributed by atoms with Crippen molar-refractivity contribution in [1.82, 2.24) is 29.6 Å². The predicted molar refractivity (Wildman–Crippen MR) is 202 cm³/mol. The Hall–Kier alpha value is -2.51. The molecule has 6 rings (SSSR count). The summed E-state index contributed by atoms with van der Waals surface area (Å²) in [6.45, 7) is 4.61. The van der Waals surface area contributed by atoms with E-state index in [4.69, 9.17) is 28.9 Å². The number of anilines is 1. The summed E-state index contributed by atoms with van der Waals surface area (Å²) in [5.74, 6) is 1.31. The van der Waals surface area contributed by atoms with Gasteiger partial charge in [0.1, 0.15) is 6.04 Å². The van der Waals surface area contributed by atoms with E-state index < -0.39 is 6.04 Å². The van der Waals surface area contributed by atoms with Crippen molar-refractivity contribution in [2.24, 2.45) is 11.8 Å². The normalized spacial score (nSPS) is 19.3. The van der Waals surface area contributed by atoms with Crippen LogP contribution in [0.4, 0.5) is 10.5 Å². The molecule has 3 fully saturated rings. The Morgan fingerprint density at radius 1 is 0.898 bits per heavy atom. The van der Waals surface area contributed by atoms with E-state index in [0.717, 1.165) is 51.9 Å². The molecular weight excluding hydrogens is 797 g/mol. The largest absolute Gasteiger partial charge is 0.397 e. The number of piperidine rings is 3. The van der Waals surface area contributed by atoms with Gasteiger partial charge >= 0.3 is 11.7 Å². The maximum absolute atomic E-state index is 14.1. The molecule has 1 aromatic heterocycles. The van der Waals surface area contributed by atoms with E-state index in [1.165, 1.54) is 12.8 Å². The Kier molecular flexibility index (Phi) is 11.7. The Balaban J connectivity index is 1.10. The van der Waals surface area contributed by atoms with Crippen LogP contribution in [-0.4, -0.2) is 88.5 Å². The van der Waals surface area contributed by atoms with Crippen LogP contribution in [0.3, 0.4) is 0 Å². The number of benzene rings is 2. The summed E-state index contributed by atoms with van der Waals surface area (Å²) in [6.07, 6.45) is 7.79. The highest BCUT2D eigenvalue weighted by Gasteiger charge is 2.35. The van der Waals surface area contributed by atoms with E-state index >= 15 is 0 Å². The number of hydrogen-bond acceptors (Lipinski definition) is 5. The first kappa shape index (κ1) is 36.3. The number of halogens is 4. The fraction of sp³-hybridized carbons (Fsp3) is 0.514. The second kappa shape index (κ2) is 15.8. The minimum absolute atomic E-state index is 0.0529. The molecule has 0 aliphatic carbocycles. The lowest BCUT2D eigenvalue weighted by Crippen LogP contribution is -2.55. The molecule has 2 aromatic carbocycles. The summed E-state index contributed by atoms with van der Waals surface area (Å²) in [5.41, 5.74) is 8.82. The smallest absolute Gasteiger partial charge is 0.326 e. The third-order valence-electron chi connectivity index (χ3n) is 10.6. The minimum Gasteiger partial charge on any atom is -0.397 e. The SMILES string of the molecule is CN1CCC(C2CCN(C(=O)[C@@H](Cc3cc(Br)c(N)c(Br)c3)NC(=O)N3CCC(n4cc(-c5ccc(Cl)c(Cl)c5)[nH]c4=O)CC3)CC2)CC1. The number of carbonyl (C=O) groups excluding carboxylic acids is 2. The number of urea groups is 1. The van der Waals surface area contributed by atoms with Gasteiger partial charge in [-0.1, -0.05) is 29.3 Å². The highest BCUT2D eigenvalue weighted by atomic mass is 79.9. The quantitative estimate of drug-likeness (QED) is 0.227. The van der Waals surface area contributed by atoms with Gasteiger partial charge in [-0.25, -0.2) is 9.59 Å². The van der Waals surface area contributed by atoms with Crippen LogP contribution in [0.25, 0.3) is 11.3 Å². The number of imidazole rings is 1. The first-order valence-corrected chi connectivity index (χ1v) is 19.3. The van der Waals surface area contributed by atoms with Crippen LogP contribution in [0.2, 0.25) is 10.0 Å². The zero-order chi connectivity index (χ0) is 34.8. The Bertz CT molecular complexity index is 1700. The number of carbonyl (C=O) groups is 2. The molecule has 3 amide bonds. The van der Waals surface area contributed by atoms with Crippen molar-refractivity contribution in [3.8, 4) is 11.3 Å². The molecule has 4 heterocycles. The molecule has 264 valence electrons. The molecule has 0 saturated carbocycles. The van der Waals surface area contributed by atoms with Crippen molar-refractivity contribution in [1.29, 1.82) is 0 Å². The molecule has 3 saturated heterocycles. The van der Waals surface area contributed by atoms with Crippen LogP contribution >= 0.6 is 55.1 Å². The summed E-state index contributed by atoms with van der Waals surface area (Å²) in [5, 5.41) is 3.96. The summed E-state index contributed by atoms with van der Waals surface area (Å²) < 4.78 is 3.17. The van der Waals surface area contributed by atoms with E-state index in [-0.39, 0.29) is 23.7 Å². The van der Waals surface area contributed by atoms with Gasteiger partial charge < -0.3 is 30.7 Å². The maximum atomic E-state index is 14.1. The van der Waals surface area contributed by atoms with Crippen molar-refractivity contribution < 1.29 is 9.59 Å². The topological polar surface area (TPSA) is 120 Å². The summed E-state index contributed by atoms with van der Waals surface area (Å²) in [6, 6.07) is 7.98. The minimum atomic E-state index is -0.728. The van der Waals surface area contributed by atoms with E-state index in [9.17, 15) is 14.4 Å². The molecule has 0 unspecified atom stereocenters. The van der Waals surface area contributed by atoms with Crippen LogP contribution in [-0.2, 0) is 11.2 Å². The monoisotopic (exact) mass is 837 g/mol. The second-order valence-corrected chi connectivity index (χ2v) is 16.2. The second-order valence-electron chi connectivity index (χ2n) is 13.7. The lowest BCUT2D eigenvalue weighted by Gasteiger charge is -2.40. The first-order chi connectivity index (χ1) is 23.5. The number of H-pyrrole nitrogens is 1. The molecule has 49 heavy (non-hydrogen) atoms. The molecule has 4 N–H and O–H groups in total. The average molecular weight is 840 g/mol. The van der Waals surface area contributed by atoms with Crippen molar-refractivity contribution in [3.05, 3.63) is 71.6 Å². The number of rotatable bonds is 7. The summed E-state index contributed by atoms with van der Waals surface area (Å²) >= 11 is 19.3. The van der Waals surface area contributed by atoms with Crippen molar-refractivity contribution in [2.75, 3.05) is 52.0 Å². The van der Waals surface area contributed by atoms with Gasteiger partial charge in [-0.2, -0.15) is 0 Å². The van der Waals surface area contributed by atoms with E-state index in [2.05, 4.69) is 54.1 Å². The molecule has 0 radical (unpaired) electrons. The highest BCUT2D eigenvalue weighted by molar-refractivity contribution is 9.11. The van der Waals surface area contributed by atoms with Crippen molar-refractivity contribution in [3.63, 3.8) is 0 Å². The maximum Gasteiger partial charge on any atom is 0.326 e. The fourth-order valence-electron chi connectivity index (χ4n) is 7.58. The van der Waals surface area contributed by atoms with Crippen LogP contribution in [0, 0.1) is 11.8 Å². The summed E-state index contributed by atoms with van der Waals surface area (Å²) in [4.78, 5) is 49.7. The number of nitrogens with zero attached hydrogens (tertiary/aromatic N) is 4.